The molecule has 0 spiro atoms. The first-order chi connectivity index (χ1) is 6.86. The molecule has 0 aliphatic carbocycles. The monoisotopic (exact) mass is 224 g/mol. The van der Waals surface area contributed by atoms with Gasteiger partial charge < -0.3 is 0 Å². The zero-order valence-corrected chi connectivity index (χ0v) is 7.96. The molecule has 0 aliphatic rings. The van der Waals surface area contributed by atoms with Gasteiger partial charge in [-0.25, -0.2) is 8.78 Å². The molecule has 1 rings (SSSR count). The van der Waals surface area contributed by atoms with E-state index in [9.17, 15) is 22.0 Å². The molecule has 0 fully saturated rings. The summed E-state index contributed by atoms with van der Waals surface area (Å²) in [4.78, 5) is 0. The summed E-state index contributed by atoms with van der Waals surface area (Å²) >= 11 is 0. The van der Waals surface area contributed by atoms with Crippen LogP contribution in [0.5, 0.6) is 0 Å². The molecule has 5 heteroatoms. The quantitative estimate of drug-likeness (QED) is 0.667. The largest absolute Gasteiger partial charge is 0.422 e. The molecule has 0 nitrogen and oxygen atoms in total. The summed E-state index contributed by atoms with van der Waals surface area (Å²) in [6, 6.07) is 1.46. The molecule has 0 aromatic heterocycles. The van der Waals surface area contributed by atoms with Gasteiger partial charge in [0.15, 0.2) is 0 Å². The van der Waals surface area contributed by atoms with Gasteiger partial charge in [0.05, 0.1) is 0 Å². The lowest BCUT2D eigenvalue weighted by Gasteiger charge is -2.10. The maximum atomic E-state index is 13.0. The van der Waals surface area contributed by atoms with Crippen molar-refractivity contribution in [2.75, 3.05) is 0 Å². The molecule has 0 saturated carbocycles. The maximum absolute atomic E-state index is 13.0. The summed E-state index contributed by atoms with van der Waals surface area (Å²) in [7, 11) is 0. The van der Waals surface area contributed by atoms with Crippen LogP contribution in [0.4, 0.5) is 22.0 Å². The summed E-state index contributed by atoms with van der Waals surface area (Å²) in [5.74, 6) is -3.10. The number of rotatable bonds is 2. The Kier molecular flexibility index (Phi) is 3.31. The van der Waals surface area contributed by atoms with E-state index in [0.717, 1.165) is 12.1 Å². The second-order valence-corrected chi connectivity index (χ2v) is 3.18. The van der Waals surface area contributed by atoms with Gasteiger partial charge in [0.25, 0.3) is 0 Å². The molecule has 0 bridgehead atoms. The SMILES string of the molecule is CCCc1cc(F)c(C(F)(F)F)c(F)c1. The number of benzene rings is 1. The van der Waals surface area contributed by atoms with Crippen LogP contribution in [-0.2, 0) is 12.6 Å². The Bertz CT molecular complexity index is 330. The molecular formula is C10H9F5. The molecular weight excluding hydrogens is 215 g/mol. The number of hydrogen-bond donors (Lipinski definition) is 0. The minimum absolute atomic E-state index is 0.237. The normalized spacial score (nSPS) is 11.9. The van der Waals surface area contributed by atoms with E-state index in [4.69, 9.17) is 0 Å². The molecule has 0 aliphatic heterocycles. The van der Waals surface area contributed by atoms with Crippen LogP contribution in [0.1, 0.15) is 24.5 Å². The predicted octanol–water partition coefficient (Wildman–Crippen LogP) is 3.94. The molecule has 0 N–H and O–H groups in total. The van der Waals surface area contributed by atoms with Gasteiger partial charge in [-0.1, -0.05) is 13.3 Å². The molecule has 84 valence electrons. The summed E-state index contributed by atoms with van der Waals surface area (Å²) in [6.07, 6.45) is -4.02. The van der Waals surface area contributed by atoms with E-state index < -0.39 is 23.4 Å². The topological polar surface area (TPSA) is 0 Å². The number of alkyl halides is 3. The van der Waals surface area contributed by atoms with E-state index >= 15 is 0 Å². The van der Waals surface area contributed by atoms with Crippen molar-refractivity contribution in [1.82, 2.24) is 0 Å². The Balaban J connectivity index is 3.22. The van der Waals surface area contributed by atoms with Gasteiger partial charge in [-0.3, -0.25) is 0 Å². The lowest BCUT2D eigenvalue weighted by atomic mass is 10.1. The smallest absolute Gasteiger partial charge is 0.206 e. The van der Waals surface area contributed by atoms with Crippen LogP contribution in [0.3, 0.4) is 0 Å². The summed E-state index contributed by atoms with van der Waals surface area (Å²) < 4.78 is 62.4. The maximum Gasteiger partial charge on any atom is 0.422 e. The number of aryl methyl sites for hydroxylation is 1. The molecule has 0 radical (unpaired) electrons. The van der Waals surface area contributed by atoms with Crippen LogP contribution in [-0.4, -0.2) is 0 Å². The van der Waals surface area contributed by atoms with Crippen molar-refractivity contribution < 1.29 is 22.0 Å². The van der Waals surface area contributed by atoms with Gasteiger partial charge in [-0.05, 0) is 24.1 Å². The highest BCUT2D eigenvalue weighted by Gasteiger charge is 2.37. The third-order valence-corrected chi connectivity index (χ3v) is 1.92. The molecule has 15 heavy (non-hydrogen) atoms. The second kappa shape index (κ2) is 4.16. The Morgan fingerprint density at radius 3 is 1.87 bits per heavy atom. The standard InChI is InChI=1S/C10H9F5/c1-2-3-6-4-7(11)9(8(12)5-6)10(13,14)15/h4-5H,2-3H2,1H3. The summed E-state index contributed by atoms with van der Waals surface area (Å²) in [5.41, 5.74) is -1.58. The first-order valence-electron chi connectivity index (χ1n) is 4.41. The molecule has 0 heterocycles. The van der Waals surface area contributed by atoms with Crippen molar-refractivity contribution in [3.05, 3.63) is 34.9 Å². The zero-order valence-electron chi connectivity index (χ0n) is 7.96. The fraction of sp³-hybridized carbons (Fsp3) is 0.400. The first-order valence-corrected chi connectivity index (χ1v) is 4.41. The highest BCUT2D eigenvalue weighted by atomic mass is 19.4. The number of halogens is 5. The van der Waals surface area contributed by atoms with E-state index in [2.05, 4.69) is 0 Å². The fourth-order valence-corrected chi connectivity index (χ4v) is 1.33. The van der Waals surface area contributed by atoms with Gasteiger partial charge >= 0.3 is 6.18 Å². The Hall–Kier alpha value is -1.13. The summed E-state index contributed by atoms with van der Waals surface area (Å²) in [6.45, 7) is 1.77. The van der Waals surface area contributed by atoms with Gasteiger partial charge in [0, 0.05) is 0 Å². The lowest BCUT2D eigenvalue weighted by Crippen LogP contribution is -2.12. The van der Waals surface area contributed by atoms with Gasteiger partial charge in [0.1, 0.15) is 17.2 Å². The number of hydrogen-bond acceptors (Lipinski definition) is 0. The van der Waals surface area contributed by atoms with Crippen LogP contribution in [0, 0.1) is 11.6 Å². The van der Waals surface area contributed by atoms with E-state index in [0.29, 0.717) is 12.8 Å². The van der Waals surface area contributed by atoms with E-state index in [1.807, 2.05) is 0 Å². The van der Waals surface area contributed by atoms with Crippen LogP contribution in [0.25, 0.3) is 0 Å². The average molecular weight is 224 g/mol. The van der Waals surface area contributed by atoms with Crippen molar-refractivity contribution in [3.8, 4) is 0 Å². The zero-order chi connectivity index (χ0) is 11.6. The van der Waals surface area contributed by atoms with Gasteiger partial charge in [-0.15, -0.1) is 0 Å². The molecule has 1 aromatic carbocycles. The van der Waals surface area contributed by atoms with Crippen LogP contribution in [0.15, 0.2) is 12.1 Å². The highest BCUT2D eigenvalue weighted by molar-refractivity contribution is 5.28. The Labute approximate surface area is 83.7 Å². The third kappa shape index (κ3) is 2.67. The second-order valence-electron chi connectivity index (χ2n) is 3.18. The lowest BCUT2D eigenvalue weighted by molar-refractivity contribution is -0.142. The third-order valence-electron chi connectivity index (χ3n) is 1.92. The van der Waals surface area contributed by atoms with Crippen LogP contribution < -0.4 is 0 Å². The van der Waals surface area contributed by atoms with Crippen molar-refractivity contribution in [1.29, 1.82) is 0 Å². The molecule has 0 saturated heterocycles. The fourth-order valence-electron chi connectivity index (χ4n) is 1.33. The van der Waals surface area contributed by atoms with E-state index in [1.54, 1.807) is 6.92 Å². The van der Waals surface area contributed by atoms with Crippen molar-refractivity contribution >= 4 is 0 Å². The molecule has 0 unspecified atom stereocenters. The van der Waals surface area contributed by atoms with Gasteiger partial charge in [-0.2, -0.15) is 13.2 Å². The minimum Gasteiger partial charge on any atom is -0.206 e. The predicted molar refractivity (Wildman–Crippen MR) is 45.4 cm³/mol. The Morgan fingerprint density at radius 2 is 1.53 bits per heavy atom. The van der Waals surface area contributed by atoms with E-state index in [1.165, 1.54) is 0 Å². The average Bonchev–Trinajstić information content (AvgIpc) is 1.99. The van der Waals surface area contributed by atoms with Crippen molar-refractivity contribution in [3.63, 3.8) is 0 Å². The van der Waals surface area contributed by atoms with Gasteiger partial charge in [0.2, 0.25) is 0 Å². The van der Waals surface area contributed by atoms with Crippen LogP contribution >= 0.6 is 0 Å². The Morgan fingerprint density at radius 1 is 1.07 bits per heavy atom. The molecule has 0 atom stereocenters. The van der Waals surface area contributed by atoms with Crippen molar-refractivity contribution in [2.24, 2.45) is 0 Å². The van der Waals surface area contributed by atoms with E-state index in [-0.39, 0.29) is 5.56 Å². The first kappa shape index (κ1) is 11.9. The minimum atomic E-state index is -4.99. The van der Waals surface area contributed by atoms with Crippen molar-refractivity contribution in [2.45, 2.75) is 25.9 Å². The molecule has 0 amide bonds. The summed E-state index contributed by atoms with van der Waals surface area (Å²) in [5, 5.41) is 0. The van der Waals surface area contributed by atoms with Crippen LogP contribution in [0.2, 0.25) is 0 Å². The molecule has 1 aromatic rings. The highest BCUT2D eigenvalue weighted by Crippen LogP contribution is 2.34.